The average molecular weight is 326 g/mol. The van der Waals surface area contributed by atoms with Crippen molar-refractivity contribution in [3.8, 4) is 0 Å². The van der Waals surface area contributed by atoms with Gasteiger partial charge in [-0.05, 0) is 25.7 Å². The maximum atomic E-state index is 12.4. The molecule has 3 N–H and O–H groups in total. The van der Waals surface area contributed by atoms with Gasteiger partial charge < -0.3 is 20.9 Å². The van der Waals surface area contributed by atoms with Crippen molar-refractivity contribution in [1.82, 2.24) is 15.1 Å². The molecule has 0 spiro atoms. The van der Waals surface area contributed by atoms with Crippen LogP contribution in [0.4, 0.5) is 0 Å². The zero-order chi connectivity index (χ0) is 17.2. The van der Waals surface area contributed by atoms with Gasteiger partial charge in [0.2, 0.25) is 17.7 Å². The topological polar surface area (TPSA) is 95.7 Å². The molecule has 132 valence electrons. The highest BCUT2D eigenvalue weighted by Gasteiger charge is 2.26. The van der Waals surface area contributed by atoms with E-state index in [9.17, 15) is 14.4 Å². The van der Waals surface area contributed by atoms with Crippen LogP contribution in [0.3, 0.4) is 0 Å². The van der Waals surface area contributed by atoms with Crippen molar-refractivity contribution in [2.75, 3.05) is 33.7 Å². The Labute approximate surface area is 138 Å². The number of nitrogens with one attached hydrogen (secondary N) is 1. The number of likely N-dealkylation sites (tertiary alicyclic amines) is 1. The number of rotatable bonds is 8. The molecule has 1 heterocycles. The van der Waals surface area contributed by atoms with Crippen molar-refractivity contribution in [1.29, 1.82) is 0 Å². The van der Waals surface area contributed by atoms with Crippen molar-refractivity contribution in [2.24, 2.45) is 5.73 Å². The maximum Gasteiger partial charge on any atom is 0.222 e. The van der Waals surface area contributed by atoms with Crippen molar-refractivity contribution >= 4 is 17.7 Å². The van der Waals surface area contributed by atoms with Crippen LogP contribution in [0.2, 0.25) is 0 Å². The Balaban J connectivity index is 2.41. The fourth-order valence-corrected chi connectivity index (χ4v) is 2.75. The normalized spacial score (nSPS) is 17.7. The average Bonchev–Trinajstić information content (AvgIpc) is 2.53. The molecule has 3 amide bonds. The summed E-state index contributed by atoms with van der Waals surface area (Å²) in [7, 11) is 3.43. The molecule has 0 radical (unpaired) electrons. The Morgan fingerprint density at radius 3 is 2.57 bits per heavy atom. The van der Waals surface area contributed by atoms with Crippen molar-refractivity contribution in [2.45, 2.75) is 51.0 Å². The van der Waals surface area contributed by atoms with E-state index in [1.807, 2.05) is 4.90 Å². The second-order valence-corrected chi connectivity index (χ2v) is 6.22. The molecule has 1 aliphatic rings. The first-order valence-electron chi connectivity index (χ1n) is 8.42. The molecule has 23 heavy (non-hydrogen) atoms. The van der Waals surface area contributed by atoms with E-state index in [0.29, 0.717) is 38.8 Å². The first-order valence-corrected chi connectivity index (χ1v) is 8.42. The van der Waals surface area contributed by atoms with Gasteiger partial charge in [-0.25, -0.2) is 0 Å². The molecule has 7 heteroatoms. The predicted molar refractivity (Wildman–Crippen MR) is 88.6 cm³/mol. The third-order valence-corrected chi connectivity index (χ3v) is 4.13. The molecular weight excluding hydrogens is 296 g/mol. The van der Waals surface area contributed by atoms with E-state index in [4.69, 9.17) is 5.73 Å². The van der Waals surface area contributed by atoms with Gasteiger partial charge in [-0.15, -0.1) is 0 Å². The van der Waals surface area contributed by atoms with E-state index >= 15 is 0 Å². The van der Waals surface area contributed by atoms with Crippen LogP contribution in [0.25, 0.3) is 0 Å². The lowest BCUT2D eigenvalue weighted by Gasteiger charge is -2.36. The van der Waals surface area contributed by atoms with E-state index in [-0.39, 0.29) is 23.8 Å². The van der Waals surface area contributed by atoms with Crippen molar-refractivity contribution in [3.63, 3.8) is 0 Å². The van der Waals surface area contributed by atoms with E-state index < -0.39 is 0 Å². The van der Waals surface area contributed by atoms with Crippen molar-refractivity contribution in [3.05, 3.63) is 0 Å². The maximum absolute atomic E-state index is 12.4. The molecule has 1 atom stereocenters. The van der Waals surface area contributed by atoms with E-state index in [0.717, 1.165) is 25.8 Å². The Kier molecular flexibility index (Phi) is 8.61. The fraction of sp³-hybridized carbons (Fsp3) is 0.812. The van der Waals surface area contributed by atoms with Crippen LogP contribution in [-0.2, 0) is 14.4 Å². The zero-order valence-electron chi connectivity index (χ0n) is 14.3. The second kappa shape index (κ2) is 10.2. The quantitative estimate of drug-likeness (QED) is 0.661. The Morgan fingerprint density at radius 1 is 1.17 bits per heavy atom. The van der Waals surface area contributed by atoms with Gasteiger partial charge in [-0.2, -0.15) is 0 Å². The highest BCUT2D eigenvalue weighted by molar-refractivity contribution is 5.79. The summed E-state index contributed by atoms with van der Waals surface area (Å²) in [5.74, 6) is 0.0541. The lowest BCUT2D eigenvalue weighted by atomic mass is 10.0. The molecule has 0 aromatic rings. The number of carbonyl (C=O) groups excluding carboxylic acids is 3. The van der Waals surface area contributed by atoms with E-state index in [2.05, 4.69) is 5.32 Å². The summed E-state index contributed by atoms with van der Waals surface area (Å²) in [6.45, 7) is 1.55. The first kappa shape index (κ1) is 19.4. The third-order valence-electron chi connectivity index (χ3n) is 4.13. The molecule has 0 aromatic carbocycles. The van der Waals surface area contributed by atoms with Crippen LogP contribution in [0.1, 0.15) is 44.9 Å². The van der Waals surface area contributed by atoms with E-state index in [1.54, 1.807) is 19.0 Å². The zero-order valence-corrected chi connectivity index (χ0v) is 14.3. The molecule has 1 saturated heterocycles. The van der Waals surface area contributed by atoms with Crippen LogP contribution < -0.4 is 11.1 Å². The van der Waals surface area contributed by atoms with Gasteiger partial charge in [0.05, 0.1) is 0 Å². The fourth-order valence-electron chi connectivity index (χ4n) is 2.75. The lowest BCUT2D eigenvalue weighted by molar-refractivity contribution is -0.136. The summed E-state index contributed by atoms with van der Waals surface area (Å²) < 4.78 is 0. The van der Waals surface area contributed by atoms with Gasteiger partial charge in [-0.3, -0.25) is 14.4 Å². The highest BCUT2D eigenvalue weighted by atomic mass is 16.2. The van der Waals surface area contributed by atoms with Gasteiger partial charge in [0, 0.05) is 59.0 Å². The summed E-state index contributed by atoms with van der Waals surface area (Å²) in [6, 6.07) is 0.0579. The van der Waals surface area contributed by atoms with Gasteiger partial charge in [0.15, 0.2) is 0 Å². The lowest BCUT2D eigenvalue weighted by Crippen LogP contribution is -2.49. The Hall–Kier alpha value is -1.63. The number of hydrogen-bond donors (Lipinski definition) is 2. The molecule has 0 aromatic heterocycles. The van der Waals surface area contributed by atoms with Crippen LogP contribution in [0, 0.1) is 0 Å². The highest BCUT2D eigenvalue weighted by Crippen LogP contribution is 2.18. The molecule has 1 aliphatic heterocycles. The molecule has 7 nitrogen and oxygen atoms in total. The monoisotopic (exact) mass is 326 g/mol. The van der Waals surface area contributed by atoms with Crippen LogP contribution in [0.15, 0.2) is 0 Å². The number of hydrogen-bond acceptors (Lipinski definition) is 4. The summed E-state index contributed by atoms with van der Waals surface area (Å²) >= 11 is 0. The van der Waals surface area contributed by atoms with Gasteiger partial charge in [0.25, 0.3) is 0 Å². The molecule has 0 aliphatic carbocycles. The molecule has 1 fully saturated rings. The van der Waals surface area contributed by atoms with Crippen LogP contribution >= 0.6 is 0 Å². The summed E-state index contributed by atoms with van der Waals surface area (Å²) in [4.78, 5) is 38.9. The molecule has 1 unspecified atom stereocenters. The smallest absolute Gasteiger partial charge is 0.222 e. The molecular formula is C16H30N4O3. The SMILES string of the molecule is CN(C)C(=O)CCCC(=O)N1CCCCC1CNC(=O)CCN. The molecule has 1 rings (SSSR count). The minimum absolute atomic E-state index is 0.0436. The summed E-state index contributed by atoms with van der Waals surface area (Å²) in [6.07, 6.45) is 4.63. The standard InChI is InChI=1S/C16H30N4O3/c1-19(2)15(22)7-5-8-16(23)20-11-4-3-6-13(20)12-18-14(21)9-10-17/h13H,3-12,17H2,1-2H3,(H,18,21). The number of nitrogens with zero attached hydrogens (tertiary/aromatic N) is 2. The first-order chi connectivity index (χ1) is 11.0. The number of carbonyl (C=O) groups is 3. The third kappa shape index (κ3) is 6.99. The number of nitrogens with two attached hydrogens (primary N) is 1. The second-order valence-electron chi connectivity index (χ2n) is 6.22. The van der Waals surface area contributed by atoms with Gasteiger partial charge >= 0.3 is 0 Å². The minimum atomic E-state index is -0.0675. The molecule has 0 bridgehead atoms. The Morgan fingerprint density at radius 2 is 1.91 bits per heavy atom. The predicted octanol–water partition coefficient (Wildman–Crippen LogP) is 0.0910. The largest absolute Gasteiger partial charge is 0.354 e. The number of piperidine rings is 1. The van der Waals surface area contributed by atoms with Gasteiger partial charge in [0.1, 0.15) is 0 Å². The van der Waals surface area contributed by atoms with Crippen LogP contribution in [0.5, 0.6) is 0 Å². The number of amides is 3. The summed E-state index contributed by atoms with van der Waals surface area (Å²) in [5, 5.41) is 2.85. The Bertz CT molecular complexity index is 412. The molecule has 0 saturated carbocycles. The van der Waals surface area contributed by atoms with E-state index in [1.165, 1.54) is 0 Å². The minimum Gasteiger partial charge on any atom is -0.354 e. The van der Waals surface area contributed by atoms with Gasteiger partial charge in [-0.1, -0.05) is 0 Å². The van der Waals surface area contributed by atoms with Crippen LogP contribution in [-0.4, -0.2) is 67.3 Å². The summed E-state index contributed by atoms with van der Waals surface area (Å²) in [5.41, 5.74) is 5.36. The van der Waals surface area contributed by atoms with Crippen molar-refractivity contribution < 1.29 is 14.4 Å².